The van der Waals surface area contributed by atoms with E-state index in [9.17, 15) is 9.59 Å². The maximum atomic E-state index is 12.4. The Hall–Kier alpha value is -2.94. The monoisotopic (exact) mass is 386 g/mol. The third kappa shape index (κ3) is 4.86. The molecular formula is C19H26N6O3. The van der Waals surface area contributed by atoms with Gasteiger partial charge in [-0.1, -0.05) is 6.07 Å². The summed E-state index contributed by atoms with van der Waals surface area (Å²) < 4.78 is 6.97. The predicted molar refractivity (Wildman–Crippen MR) is 105 cm³/mol. The van der Waals surface area contributed by atoms with Crippen molar-refractivity contribution in [2.45, 2.75) is 38.8 Å². The highest BCUT2D eigenvalue weighted by molar-refractivity contribution is 5.96. The zero-order valence-electron chi connectivity index (χ0n) is 16.2. The van der Waals surface area contributed by atoms with Crippen molar-refractivity contribution in [2.75, 3.05) is 30.5 Å². The number of aromatic nitrogens is 3. The molecule has 0 unspecified atom stereocenters. The third-order valence-corrected chi connectivity index (χ3v) is 4.62. The predicted octanol–water partition coefficient (Wildman–Crippen LogP) is 2.32. The lowest BCUT2D eigenvalue weighted by molar-refractivity contribution is -0.117. The molecule has 1 aromatic heterocycles. The second kappa shape index (κ2) is 9.32. The zero-order chi connectivity index (χ0) is 19.9. The molecule has 9 nitrogen and oxygen atoms in total. The van der Waals surface area contributed by atoms with Crippen LogP contribution in [0.25, 0.3) is 0 Å². The first kappa shape index (κ1) is 19.8. The number of aryl methyl sites for hydroxylation is 1. The lowest BCUT2D eigenvalue weighted by Crippen LogP contribution is -2.32. The summed E-state index contributed by atoms with van der Waals surface area (Å²) in [6.45, 7) is 3.94. The van der Waals surface area contributed by atoms with Crippen molar-refractivity contribution in [3.63, 3.8) is 0 Å². The van der Waals surface area contributed by atoms with Crippen molar-refractivity contribution in [3.8, 4) is 0 Å². The van der Waals surface area contributed by atoms with Crippen molar-refractivity contribution in [3.05, 3.63) is 36.4 Å². The molecular weight excluding hydrogens is 360 g/mol. The Bertz CT molecular complexity index is 822. The smallest absolute Gasteiger partial charge is 0.319 e. The number of anilines is 2. The van der Waals surface area contributed by atoms with Gasteiger partial charge in [0.05, 0.1) is 6.04 Å². The fourth-order valence-corrected chi connectivity index (χ4v) is 3.25. The number of ether oxygens (including phenoxy) is 1. The Morgan fingerprint density at radius 2 is 2.25 bits per heavy atom. The lowest BCUT2D eigenvalue weighted by atomic mass is 10.2. The second-order valence-electron chi connectivity index (χ2n) is 6.75. The molecule has 2 N–H and O–H groups in total. The molecule has 0 spiro atoms. The van der Waals surface area contributed by atoms with Crippen LogP contribution >= 0.6 is 0 Å². The first-order chi connectivity index (χ1) is 13.6. The van der Waals surface area contributed by atoms with E-state index in [0.717, 1.165) is 25.1 Å². The summed E-state index contributed by atoms with van der Waals surface area (Å²) in [4.78, 5) is 26.1. The first-order valence-electron chi connectivity index (χ1n) is 9.43. The molecule has 3 amide bonds. The number of nitrogens with zero attached hydrogens (tertiary/aromatic N) is 4. The van der Waals surface area contributed by atoms with Gasteiger partial charge in [-0.15, -0.1) is 10.2 Å². The molecule has 2 aromatic rings. The summed E-state index contributed by atoms with van der Waals surface area (Å²) >= 11 is 0. The van der Waals surface area contributed by atoms with Crippen LogP contribution in [0.15, 0.2) is 30.6 Å². The van der Waals surface area contributed by atoms with Crippen LogP contribution in [0.2, 0.25) is 0 Å². The van der Waals surface area contributed by atoms with Gasteiger partial charge in [-0.3, -0.25) is 4.79 Å². The third-order valence-electron chi connectivity index (χ3n) is 4.62. The van der Waals surface area contributed by atoms with Crippen LogP contribution in [-0.4, -0.2) is 47.0 Å². The van der Waals surface area contributed by atoms with Crippen LogP contribution in [0.1, 0.15) is 38.1 Å². The van der Waals surface area contributed by atoms with Crippen LogP contribution in [-0.2, 0) is 16.1 Å². The minimum atomic E-state index is -0.344. The highest BCUT2D eigenvalue weighted by atomic mass is 16.5. The number of benzene rings is 1. The number of rotatable bonds is 8. The largest absolute Gasteiger partial charge is 0.385 e. The molecule has 150 valence electrons. The van der Waals surface area contributed by atoms with Crippen molar-refractivity contribution in [1.82, 2.24) is 20.1 Å². The van der Waals surface area contributed by atoms with Crippen molar-refractivity contribution < 1.29 is 14.3 Å². The molecule has 1 aliphatic rings. The van der Waals surface area contributed by atoms with Gasteiger partial charge in [0, 0.05) is 44.6 Å². The van der Waals surface area contributed by atoms with E-state index in [1.807, 2.05) is 23.6 Å². The maximum Gasteiger partial charge on any atom is 0.319 e. The number of nitrogens with one attached hydrogen (secondary N) is 2. The van der Waals surface area contributed by atoms with Gasteiger partial charge in [-0.25, -0.2) is 4.79 Å². The van der Waals surface area contributed by atoms with E-state index < -0.39 is 0 Å². The number of hydrogen-bond acceptors (Lipinski definition) is 5. The molecule has 0 saturated carbocycles. The van der Waals surface area contributed by atoms with Crippen molar-refractivity contribution in [2.24, 2.45) is 0 Å². The molecule has 2 heterocycles. The summed E-state index contributed by atoms with van der Waals surface area (Å²) in [6, 6.07) is 6.64. The lowest BCUT2D eigenvalue weighted by Gasteiger charge is -2.18. The molecule has 1 aliphatic heterocycles. The minimum Gasteiger partial charge on any atom is -0.385 e. The fraction of sp³-hybridized carbons (Fsp3) is 0.474. The van der Waals surface area contributed by atoms with Gasteiger partial charge in [-0.2, -0.15) is 0 Å². The Kier molecular flexibility index (Phi) is 6.59. The SMILES string of the molecule is COCCCn1cnnc1[C@@H](C)NC(=O)Nc1cccc(N2CCCC2=O)c1. The van der Waals surface area contributed by atoms with Gasteiger partial charge in [-0.05, 0) is 38.0 Å². The average molecular weight is 386 g/mol. The van der Waals surface area contributed by atoms with E-state index in [-0.39, 0.29) is 18.0 Å². The highest BCUT2D eigenvalue weighted by Gasteiger charge is 2.22. The number of hydrogen-bond donors (Lipinski definition) is 2. The van der Waals surface area contributed by atoms with Crippen LogP contribution in [0.4, 0.5) is 16.2 Å². The van der Waals surface area contributed by atoms with E-state index in [0.29, 0.717) is 31.1 Å². The van der Waals surface area contributed by atoms with Gasteiger partial charge in [0.25, 0.3) is 0 Å². The van der Waals surface area contributed by atoms with Gasteiger partial charge >= 0.3 is 6.03 Å². The van der Waals surface area contributed by atoms with E-state index in [1.165, 1.54) is 0 Å². The summed E-state index contributed by atoms with van der Waals surface area (Å²) in [7, 11) is 1.66. The number of methoxy groups -OCH3 is 1. The van der Waals surface area contributed by atoms with E-state index in [1.54, 1.807) is 30.5 Å². The molecule has 28 heavy (non-hydrogen) atoms. The summed E-state index contributed by atoms with van der Waals surface area (Å²) in [5.74, 6) is 0.797. The van der Waals surface area contributed by atoms with Gasteiger partial charge < -0.3 is 24.8 Å². The number of urea groups is 1. The number of carbonyl (C=O) groups is 2. The molecule has 9 heteroatoms. The van der Waals surface area contributed by atoms with Gasteiger partial charge in [0.1, 0.15) is 6.33 Å². The number of amides is 3. The van der Waals surface area contributed by atoms with Gasteiger partial charge in [0.15, 0.2) is 5.82 Å². The second-order valence-corrected chi connectivity index (χ2v) is 6.75. The number of carbonyl (C=O) groups excluding carboxylic acids is 2. The quantitative estimate of drug-likeness (QED) is 0.678. The van der Waals surface area contributed by atoms with Gasteiger partial charge in [0.2, 0.25) is 5.91 Å². The summed E-state index contributed by atoms with van der Waals surface area (Å²) in [5.41, 5.74) is 1.43. The van der Waals surface area contributed by atoms with Crippen molar-refractivity contribution >= 4 is 23.3 Å². The Morgan fingerprint density at radius 1 is 1.39 bits per heavy atom. The molecule has 1 saturated heterocycles. The topological polar surface area (TPSA) is 101 Å². The molecule has 1 fully saturated rings. The van der Waals surface area contributed by atoms with E-state index in [2.05, 4.69) is 20.8 Å². The maximum absolute atomic E-state index is 12.4. The molecule has 3 rings (SSSR count). The van der Waals surface area contributed by atoms with Crippen LogP contribution < -0.4 is 15.5 Å². The Balaban J connectivity index is 1.58. The Labute approximate surface area is 164 Å². The molecule has 0 bridgehead atoms. The summed E-state index contributed by atoms with van der Waals surface area (Å²) in [5, 5.41) is 13.7. The van der Waals surface area contributed by atoms with Crippen molar-refractivity contribution in [1.29, 1.82) is 0 Å². The zero-order valence-corrected chi connectivity index (χ0v) is 16.2. The average Bonchev–Trinajstić information content (AvgIpc) is 3.31. The van der Waals surface area contributed by atoms with E-state index in [4.69, 9.17) is 4.74 Å². The normalized spacial score (nSPS) is 14.9. The van der Waals surface area contributed by atoms with Crippen LogP contribution in [0.3, 0.4) is 0 Å². The minimum absolute atomic E-state index is 0.114. The molecule has 1 aromatic carbocycles. The Morgan fingerprint density at radius 3 is 3.00 bits per heavy atom. The standard InChI is InChI=1S/C19H26N6O3/c1-14(18-23-20-13-24(18)9-5-11-28-2)21-19(27)22-15-6-3-7-16(12-15)25-10-4-8-17(25)26/h3,6-7,12-14H,4-5,8-11H2,1-2H3,(H2,21,22,27)/t14-/m1/s1. The molecule has 1 atom stereocenters. The first-order valence-corrected chi connectivity index (χ1v) is 9.43. The summed E-state index contributed by atoms with van der Waals surface area (Å²) in [6.07, 6.45) is 3.92. The van der Waals surface area contributed by atoms with Crippen LogP contribution in [0, 0.1) is 0 Å². The molecule has 0 aliphatic carbocycles. The van der Waals surface area contributed by atoms with Crippen LogP contribution in [0.5, 0.6) is 0 Å². The van der Waals surface area contributed by atoms with E-state index >= 15 is 0 Å². The molecule has 0 radical (unpaired) electrons. The fourth-order valence-electron chi connectivity index (χ4n) is 3.25. The highest BCUT2D eigenvalue weighted by Crippen LogP contribution is 2.24.